The number of nitrogens with one attached hydrogen (secondary N) is 1. The first-order valence-corrected chi connectivity index (χ1v) is 11.1. The molecule has 0 aromatic heterocycles. The second-order valence-electron chi connectivity index (χ2n) is 8.46. The number of likely N-dealkylation sites (tertiary alicyclic amines) is 1. The van der Waals surface area contributed by atoms with E-state index in [1.54, 1.807) is 0 Å². The molecule has 1 N–H and O–H groups in total. The first kappa shape index (κ1) is 22.6. The molecule has 0 spiro atoms. The van der Waals surface area contributed by atoms with Crippen LogP contribution in [0.25, 0.3) is 0 Å². The fourth-order valence-electron chi connectivity index (χ4n) is 4.24. The first-order chi connectivity index (χ1) is 14.5. The number of rotatable bonds is 6. The third kappa shape index (κ3) is 5.73. The minimum atomic E-state index is -0.0377. The second-order valence-corrected chi connectivity index (χ2v) is 8.46. The Kier molecular flexibility index (Phi) is 8.10. The summed E-state index contributed by atoms with van der Waals surface area (Å²) in [6, 6.07) is 8.70. The highest BCUT2D eigenvalue weighted by molar-refractivity contribution is 5.80. The molecule has 1 aromatic carbocycles. The van der Waals surface area contributed by atoms with Crippen LogP contribution >= 0.6 is 0 Å². The summed E-state index contributed by atoms with van der Waals surface area (Å²) in [5.41, 5.74) is 2.52. The molecule has 0 saturated carbocycles. The summed E-state index contributed by atoms with van der Waals surface area (Å²) in [6.45, 7) is 6.59. The van der Waals surface area contributed by atoms with Crippen molar-refractivity contribution in [1.82, 2.24) is 20.0 Å². The zero-order valence-electron chi connectivity index (χ0n) is 18.6. The summed E-state index contributed by atoms with van der Waals surface area (Å²) in [5.74, 6) is 0.250. The molecule has 2 heterocycles. The van der Waals surface area contributed by atoms with E-state index >= 15 is 0 Å². The van der Waals surface area contributed by atoms with Crippen molar-refractivity contribution >= 4 is 11.9 Å². The van der Waals surface area contributed by atoms with Crippen LogP contribution in [0, 0.1) is 5.92 Å². The van der Waals surface area contributed by atoms with Crippen LogP contribution in [0.5, 0.6) is 0 Å². The van der Waals surface area contributed by atoms with Crippen LogP contribution in [-0.4, -0.2) is 86.7 Å². The van der Waals surface area contributed by atoms with E-state index in [-0.39, 0.29) is 23.9 Å². The Morgan fingerprint density at radius 3 is 2.27 bits per heavy atom. The van der Waals surface area contributed by atoms with E-state index in [1.807, 2.05) is 23.9 Å². The van der Waals surface area contributed by atoms with Crippen molar-refractivity contribution in [1.29, 1.82) is 0 Å². The van der Waals surface area contributed by atoms with Crippen LogP contribution in [0.2, 0.25) is 0 Å². The number of hydrogen-bond acceptors (Lipinski definition) is 4. The quantitative estimate of drug-likeness (QED) is 0.772. The number of carbonyl (C=O) groups excluding carboxylic acids is 2. The normalized spacial score (nSPS) is 19.1. The van der Waals surface area contributed by atoms with E-state index in [2.05, 4.69) is 41.4 Å². The Bertz CT molecular complexity index is 693. The van der Waals surface area contributed by atoms with Gasteiger partial charge in [-0.15, -0.1) is 0 Å². The number of morpholine rings is 1. The lowest BCUT2D eigenvalue weighted by Crippen LogP contribution is -2.50. The topological polar surface area (TPSA) is 65.1 Å². The fourth-order valence-corrected chi connectivity index (χ4v) is 4.24. The molecule has 2 aliphatic heterocycles. The maximum Gasteiger partial charge on any atom is 0.317 e. The molecular weight excluding hydrogens is 380 g/mol. The summed E-state index contributed by atoms with van der Waals surface area (Å²) in [4.78, 5) is 31.3. The van der Waals surface area contributed by atoms with Crippen molar-refractivity contribution in [2.24, 2.45) is 5.92 Å². The largest absolute Gasteiger partial charge is 0.378 e. The molecule has 0 bridgehead atoms. The van der Waals surface area contributed by atoms with Crippen molar-refractivity contribution in [2.75, 3.05) is 60.0 Å². The maximum absolute atomic E-state index is 12.7. The van der Waals surface area contributed by atoms with E-state index < -0.39 is 0 Å². The molecule has 2 saturated heterocycles. The van der Waals surface area contributed by atoms with E-state index in [4.69, 9.17) is 4.74 Å². The minimum absolute atomic E-state index is 0.0266. The number of aryl methyl sites for hydroxylation is 1. The van der Waals surface area contributed by atoms with Gasteiger partial charge in [0.1, 0.15) is 0 Å². The molecule has 3 rings (SSSR count). The molecule has 3 amide bonds. The maximum atomic E-state index is 12.7. The van der Waals surface area contributed by atoms with Gasteiger partial charge in [0.25, 0.3) is 0 Å². The average molecular weight is 417 g/mol. The molecular formula is C23H36N4O3. The Balaban J connectivity index is 1.47. The third-order valence-corrected chi connectivity index (χ3v) is 6.30. The summed E-state index contributed by atoms with van der Waals surface area (Å²) in [7, 11) is 4.07. The van der Waals surface area contributed by atoms with Crippen molar-refractivity contribution in [3.63, 3.8) is 0 Å². The predicted octanol–water partition coefficient (Wildman–Crippen LogP) is 2.13. The second kappa shape index (κ2) is 10.8. The van der Waals surface area contributed by atoms with Crippen molar-refractivity contribution < 1.29 is 14.3 Å². The first-order valence-electron chi connectivity index (χ1n) is 11.1. The molecule has 0 aliphatic carbocycles. The molecule has 1 aromatic rings. The highest BCUT2D eigenvalue weighted by Gasteiger charge is 2.31. The number of urea groups is 1. The number of nitrogens with zero attached hydrogens (tertiary/aromatic N) is 3. The number of carbonyl (C=O) groups is 2. The van der Waals surface area contributed by atoms with Crippen LogP contribution in [0.1, 0.15) is 36.9 Å². The van der Waals surface area contributed by atoms with Crippen LogP contribution in [0.3, 0.4) is 0 Å². The Morgan fingerprint density at radius 1 is 1.07 bits per heavy atom. The van der Waals surface area contributed by atoms with Gasteiger partial charge in [-0.1, -0.05) is 31.2 Å². The van der Waals surface area contributed by atoms with E-state index in [0.29, 0.717) is 45.9 Å². The van der Waals surface area contributed by atoms with Gasteiger partial charge in [0.05, 0.1) is 19.3 Å². The van der Waals surface area contributed by atoms with E-state index in [0.717, 1.165) is 19.3 Å². The average Bonchev–Trinajstić information content (AvgIpc) is 2.79. The van der Waals surface area contributed by atoms with E-state index in [9.17, 15) is 9.59 Å². The molecule has 7 nitrogen and oxygen atoms in total. The molecule has 2 fully saturated rings. The lowest BCUT2D eigenvalue weighted by Gasteiger charge is -2.36. The fraction of sp³-hybridized carbons (Fsp3) is 0.652. The van der Waals surface area contributed by atoms with Gasteiger partial charge < -0.3 is 24.8 Å². The SMILES string of the molecule is CCc1ccc(C(CNC(=O)N2CCC(C(=O)N3CCOCC3)CC2)N(C)C)cc1. The van der Waals surface area contributed by atoms with Gasteiger partial charge in [-0.25, -0.2) is 4.79 Å². The lowest BCUT2D eigenvalue weighted by atomic mass is 9.95. The van der Waals surface area contributed by atoms with Crippen molar-refractivity contribution in [2.45, 2.75) is 32.2 Å². The number of likely N-dealkylation sites (N-methyl/N-ethyl adjacent to an activating group) is 1. The molecule has 30 heavy (non-hydrogen) atoms. The number of amides is 3. The monoisotopic (exact) mass is 416 g/mol. The Hall–Kier alpha value is -2.12. The summed E-state index contributed by atoms with van der Waals surface area (Å²) >= 11 is 0. The molecule has 1 unspecified atom stereocenters. The number of benzene rings is 1. The summed E-state index contributed by atoms with van der Waals surface area (Å²) in [6.07, 6.45) is 2.49. The van der Waals surface area contributed by atoms with Crippen LogP contribution < -0.4 is 5.32 Å². The van der Waals surface area contributed by atoms with Gasteiger partial charge in [0.15, 0.2) is 0 Å². The highest BCUT2D eigenvalue weighted by Crippen LogP contribution is 2.21. The van der Waals surface area contributed by atoms with Crippen molar-refractivity contribution in [3.05, 3.63) is 35.4 Å². The van der Waals surface area contributed by atoms with Gasteiger partial charge in [0, 0.05) is 38.6 Å². The molecule has 7 heteroatoms. The van der Waals surface area contributed by atoms with Crippen molar-refractivity contribution in [3.8, 4) is 0 Å². The Labute approximate surface area is 180 Å². The van der Waals surface area contributed by atoms with Gasteiger partial charge in [-0.2, -0.15) is 0 Å². The highest BCUT2D eigenvalue weighted by atomic mass is 16.5. The van der Waals surface area contributed by atoms with Gasteiger partial charge in [-0.05, 0) is 44.5 Å². The standard InChI is InChI=1S/C23H36N4O3/c1-4-18-5-7-19(8-6-18)21(25(2)3)17-24-23(29)27-11-9-20(10-12-27)22(28)26-13-15-30-16-14-26/h5-8,20-21H,4,9-17H2,1-3H3,(H,24,29). The number of piperidine rings is 1. The van der Waals surface area contributed by atoms with Crippen LogP contribution in [-0.2, 0) is 16.0 Å². The van der Waals surface area contributed by atoms with Gasteiger partial charge in [0.2, 0.25) is 5.91 Å². The Morgan fingerprint density at radius 2 is 1.70 bits per heavy atom. The zero-order chi connectivity index (χ0) is 21.5. The van der Waals surface area contributed by atoms with Crippen LogP contribution in [0.15, 0.2) is 24.3 Å². The van der Waals surface area contributed by atoms with Crippen LogP contribution in [0.4, 0.5) is 4.79 Å². The zero-order valence-corrected chi connectivity index (χ0v) is 18.6. The number of hydrogen-bond donors (Lipinski definition) is 1. The van der Waals surface area contributed by atoms with E-state index in [1.165, 1.54) is 11.1 Å². The molecule has 1 atom stereocenters. The number of ether oxygens (including phenoxy) is 1. The lowest BCUT2D eigenvalue weighted by molar-refractivity contribution is -0.141. The third-order valence-electron chi connectivity index (χ3n) is 6.30. The molecule has 0 radical (unpaired) electrons. The minimum Gasteiger partial charge on any atom is -0.378 e. The summed E-state index contributed by atoms with van der Waals surface area (Å²) < 4.78 is 5.33. The summed E-state index contributed by atoms with van der Waals surface area (Å²) in [5, 5.41) is 3.10. The molecule has 166 valence electrons. The predicted molar refractivity (Wildman–Crippen MR) is 117 cm³/mol. The molecule has 2 aliphatic rings. The smallest absolute Gasteiger partial charge is 0.317 e. The van der Waals surface area contributed by atoms with Gasteiger partial charge in [-0.3, -0.25) is 4.79 Å². The van der Waals surface area contributed by atoms with Gasteiger partial charge >= 0.3 is 6.03 Å².